The smallest absolute Gasteiger partial charge is 0.308 e. The van der Waals surface area contributed by atoms with Crippen molar-refractivity contribution in [3.05, 3.63) is 75.8 Å². The normalized spacial score (nSPS) is 14.8. The molecule has 1 aliphatic rings. The van der Waals surface area contributed by atoms with Gasteiger partial charge in [-0.3, -0.25) is 24.5 Å². The van der Waals surface area contributed by atoms with Crippen molar-refractivity contribution in [2.75, 3.05) is 0 Å². The third-order valence-electron chi connectivity index (χ3n) is 5.02. The Morgan fingerprint density at radius 3 is 2.17 bits per heavy atom. The van der Waals surface area contributed by atoms with Crippen LogP contribution in [0.3, 0.4) is 0 Å². The SMILES string of the molecule is CC(=O)Oc1ccc([N+](=O)[O-])cc1C1=NN(C(C)=O)[C@H](c2cc3ccccc3cc2OC(C)=O)O1. The maximum atomic E-state index is 12.5. The van der Waals surface area contributed by atoms with Gasteiger partial charge in [0.1, 0.15) is 11.5 Å². The second-order valence-electron chi connectivity index (χ2n) is 7.60. The van der Waals surface area contributed by atoms with Gasteiger partial charge in [0.15, 0.2) is 0 Å². The number of rotatable bonds is 5. The average Bonchev–Trinajstić information content (AvgIpc) is 3.23. The first-order chi connectivity index (χ1) is 16.6. The molecule has 0 bridgehead atoms. The predicted molar refractivity (Wildman–Crippen MR) is 123 cm³/mol. The predicted octanol–water partition coefficient (Wildman–Crippen LogP) is 3.84. The lowest BCUT2D eigenvalue weighted by molar-refractivity contribution is -0.384. The van der Waals surface area contributed by atoms with Crippen LogP contribution in [0, 0.1) is 10.1 Å². The van der Waals surface area contributed by atoms with Crippen LogP contribution in [0.15, 0.2) is 59.7 Å². The zero-order chi connectivity index (χ0) is 25.3. The van der Waals surface area contributed by atoms with Crippen molar-refractivity contribution in [2.24, 2.45) is 5.10 Å². The second kappa shape index (κ2) is 9.21. The Bertz CT molecular complexity index is 1420. The first-order valence-electron chi connectivity index (χ1n) is 10.4. The van der Waals surface area contributed by atoms with Gasteiger partial charge in [0.05, 0.1) is 16.1 Å². The van der Waals surface area contributed by atoms with E-state index in [0.717, 1.165) is 21.8 Å². The van der Waals surface area contributed by atoms with Gasteiger partial charge in [0.25, 0.3) is 5.69 Å². The summed E-state index contributed by atoms with van der Waals surface area (Å²) in [6, 6.07) is 14.2. The molecule has 178 valence electrons. The van der Waals surface area contributed by atoms with E-state index in [1.807, 2.05) is 24.3 Å². The van der Waals surface area contributed by atoms with E-state index < -0.39 is 29.0 Å². The van der Waals surface area contributed by atoms with E-state index in [1.54, 1.807) is 12.1 Å². The van der Waals surface area contributed by atoms with Crippen molar-refractivity contribution in [3.8, 4) is 11.5 Å². The van der Waals surface area contributed by atoms with E-state index in [4.69, 9.17) is 14.2 Å². The van der Waals surface area contributed by atoms with Crippen LogP contribution in [-0.4, -0.2) is 33.7 Å². The number of amides is 1. The van der Waals surface area contributed by atoms with Crippen molar-refractivity contribution in [2.45, 2.75) is 27.0 Å². The first-order valence-corrected chi connectivity index (χ1v) is 10.4. The molecule has 1 atom stereocenters. The van der Waals surface area contributed by atoms with Crippen LogP contribution in [0.1, 0.15) is 38.1 Å². The fourth-order valence-corrected chi connectivity index (χ4v) is 3.59. The van der Waals surface area contributed by atoms with Crippen LogP contribution in [0.4, 0.5) is 5.69 Å². The minimum Gasteiger partial charge on any atom is -0.445 e. The van der Waals surface area contributed by atoms with Crippen LogP contribution in [0.25, 0.3) is 10.8 Å². The number of hydrogen-bond acceptors (Lipinski definition) is 9. The quantitative estimate of drug-likeness (QED) is 0.234. The molecule has 0 aliphatic carbocycles. The number of non-ortho nitro benzene ring substituents is 1. The van der Waals surface area contributed by atoms with Gasteiger partial charge in [-0.2, -0.15) is 5.01 Å². The number of hydrazone groups is 1. The molecule has 35 heavy (non-hydrogen) atoms. The Labute approximate surface area is 198 Å². The summed E-state index contributed by atoms with van der Waals surface area (Å²) in [4.78, 5) is 46.6. The number of carbonyl (C=O) groups excluding carboxylic acids is 3. The number of benzene rings is 3. The van der Waals surface area contributed by atoms with Gasteiger partial charge in [-0.1, -0.05) is 24.3 Å². The molecular formula is C24H19N3O8. The molecule has 3 aromatic carbocycles. The van der Waals surface area contributed by atoms with Gasteiger partial charge >= 0.3 is 11.9 Å². The lowest BCUT2D eigenvalue weighted by Gasteiger charge is -2.22. The topological polar surface area (TPSA) is 138 Å². The third-order valence-corrected chi connectivity index (χ3v) is 5.02. The molecular weight excluding hydrogens is 458 g/mol. The Balaban J connectivity index is 1.84. The monoisotopic (exact) mass is 477 g/mol. The number of esters is 2. The molecule has 1 heterocycles. The average molecular weight is 477 g/mol. The lowest BCUT2D eigenvalue weighted by atomic mass is 10.0. The van der Waals surface area contributed by atoms with Gasteiger partial charge in [-0.15, -0.1) is 5.10 Å². The summed E-state index contributed by atoms with van der Waals surface area (Å²) < 4.78 is 16.5. The van der Waals surface area contributed by atoms with Crippen LogP contribution < -0.4 is 9.47 Å². The number of nitro benzene ring substituents is 1. The summed E-state index contributed by atoms with van der Waals surface area (Å²) in [6.45, 7) is 3.68. The minimum atomic E-state index is -1.16. The number of hydrogen-bond donors (Lipinski definition) is 0. The maximum absolute atomic E-state index is 12.5. The highest BCUT2D eigenvalue weighted by molar-refractivity contribution is 6.00. The van der Waals surface area contributed by atoms with Crippen LogP contribution in [-0.2, 0) is 19.1 Å². The molecule has 0 fully saturated rings. The van der Waals surface area contributed by atoms with Crippen molar-refractivity contribution < 1.29 is 33.5 Å². The van der Waals surface area contributed by atoms with Crippen molar-refractivity contribution in [1.82, 2.24) is 5.01 Å². The Kier molecular flexibility index (Phi) is 6.15. The molecule has 11 nitrogen and oxygen atoms in total. The number of ether oxygens (including phenoxy) is 3. The van der Waals surface area contributed by atoms with Crippen LogP contribution in [0.5, 0.6) is 11.5 Å². The highest BCUT2D eigenvalue weighted by Gasteiger charge is 2.37. The van der Waals surface area contributed by atoms with Crippen molar-refractivity contribution in [3.63, 3.8) is 0 Å². The number of nitrogens with zero attached hydrogens (tertiary/aromatic N) is 3. The highest BCUT2D eigenvalue weighted by Crippen LogP contribution is 2.39. The molecule has 0 saturated carbocycles. The Morgan fingerprint density at radius 1 is 0.943 bits per heavy atom. The fourth-order valence-electron chi connectivity index (χ4n) is 3.59. The van der Waals surface area contributed by atoms with E-state index in [-0.39, 0.29) is 28.6 Å². The summed E-state index contributed by atoms with van der Waals surface area (Å²) >= 11 is 0. The Hall–Kier alpha value is -4.80. The zero-order valence-electron chi connectivity index (χ0n) is 18.9. The van der Waals surface area contributed by atoms with E-state index in [0.29, 0.717) is 5.56 Å². The second-order valence-corrected chi connectivity index (χ2v) is 7.60. The molecule has 0 radical (unpaired) electrons. The molecule has 1 amide bonds. The van der Waals surface area contributed by atoms with E-state index in [1.165, 1.54) is 32.9 Å². The lowest BCUT2D eigenvalue weighted by Crippen LogP contribution is -2.26. The van der Waals surface area contributed by atoms with Gasteiger partial charge in [0.2, 0.25) is 18.0 Å². The van der Waals surface area contributed by atoms with Gasteiger partial charge in [0, 0.05) is 32.9 Å². The number of carbonyl (C=O) groups is 3. The van der Waals surface area contributed by atoms with E-state index in [9.17, 15) is 24.5 Å². The first kappa shape index (κ1) is 23.4. The molecule has 0 unspecified atom stereocenters. The molecule has 3 aromatic rings. The molecule has 11 heteroatoms. The third kappa shape index (κ3) is 4.78. The largest absolute Gasteiger partial charge is 0.445 e. The van der Waals surface area contributed by atoms with Crippen molar-refractivity contribution >= 4 is 40.2 Å². The van der Waals surface area contributed by atoms with Crippen LogP contribution in [0.2, 0.25) is 0 Å². The summed E-state index contributed by atoms with van der Waals surface area (Å²) in [5.74, 6) is -1.82. The highest BCUT2D eigenvalue weighted by atomic mass is 16.6. The van der Waals surface area contributed by atoms with Gasteiger partial charge in [-0.05, 0) is 29.0 Å². The summed E-state index contributed by atoms with van der Waals surface area (Å²) in [7, 11) is 0. The summed E-state index contributed by atoms with van der Waals surface area (Å²) in [5, 5.41) is 18.1. The van der Waals surface area contributed by atoms with E-state index >= 15 is 0 Å². The maximum Gasteiger partial charge on any atom is 0.308 e. The van der Waals surface area contributed by atoms with E-state index in [2.05, 4.69) is 5.10 Å². The standard InChI is InChI=1S/C24H19N3O8/c1-13(28)26-24(20-10-16-6-4-5-7-17(16)11-22(20)34-15(3)30)35-23(25-26)19-12-18(27(31)32)8-9-21(19)33-14(2)29/h4-12,24H,1-3H3/t24-/m0/s1. The minimum absolute atomic E-state index is 0.00187. The summed E-state index contributed by atoms with van der Waals surface area (Å²) in [6.07, 6.45) is -1.16. The molecule has 0 spiro atoms. The molecule has 1 aliphatic heterocycles. The fraction of sp³-hybridized carbons (Fsp3) is 0.167. The zero-order valence-corrected chi connectivity index (χ0v) is 18.9. The van der Waals surface area contributed by atoms with Gasteiger partial charge < -0.3 is 14.2 Å². The van der Waals surface area contributed by atoms with Gasteiger partial charge in [-0.25, -0.2) is 0 Å². The molecule has 0 saturated heterocycles. The molecule has 0 aromatic heterocycles. The molecule has 0 N–H and O–H groups in total. The number of nitro groups is 1. The number of fused-ring (bicyclic) bond motifs is 1. The Morgan fingerprint density at radius 2 is 1.57 bits per heavy atom. The summed E-state index contributed by atoms with van der Waals surface area (Å²) in [5.41, 5.74) is 0.0247. The van der Waals surface area contributed by atoms with Crippen molar-refractivity contribution in [1.29, 1.82) is 0 Å². The molecule has 4 rings (SSSR count). The van der Waals surface area contributed by atoms with Crippen LogP contribution >= 0.6 is 0 Å².